The predicted octanol–water partition coefficient (Wildman–Crippen LogP) is 16.2. The van der Waals surface area contributed by atoms with E-state index in [0.717, 1.165) is 78.1 Å². The van der Waals surface area contributed by atoms with Gasteiger partial charge in [-0.1, -0.05) is 186 Å². The third kappa shape index (κ3) is 10.3. The van der Waals surface area contributed by atoms with Crippen LogP contribution >= 0.6 is 0 Å². The monoisotopic (exact) mass is 1180 g/mol. The van der Waals surface area contributed by atoms with Crippen LogP contribution in [0.1, 0.15) is 94.2 Å². The molecule has 4 heterocycles. The van der Waals surface area contributed by atoms with E-state index >= 15 is 0 Å². The van der Waals surface area contributed by atoms with E-state index < -0.39 is 21.4 Å². The fraction of sp³-hybridized carbons (Fsp3) is 0.250. The van der Waals surface area contributed by atoms with Gasteiger partial charge in [0.05, 0.1) is 0 Å². The normalized spacial score (nSPS) is 14.4. The summed E-state index contributed by atoms with van der Waals surface area (Å²) in [6, 6.07) is 62.6. The first kappa shape index (κ1) is 53.1. The quantitative estimate of drug-likeness (QED) is 0.111. The molecule has 0 atom stereocenters. The number of hydrogen-bond acceptors (Lipinski definition) is 7. The Morgan fingerprint density at radius 2 is 1.16 bits per heavy atom. The molecule has 0 bridgehead atoms. The largest absolute Gasteiger partial charge is 0.509 e. The molecule has 0 saturated carbocycles. The molecule has 76 heavy (non-hydrogen) atoms. The molecule has 1 fully saturated rings. The minimum absolute atomic E-state index is 0. The third-order valence-electron chi connectivity index (χ3n) is 14.2. The van der Waals surface area contributed by atoms with Crippen LogP contribution in [-0.4, -0.2) is 30.9 Å². The topological polar surface area (TPSA) is 61.2 Å². The molecule has 7 aromatic carbocycles. The van der Waals surface area contributed by atoms with Crippen LogP contribution in [0.3, 0.4) is 0 Å². The number of aromatic nitrogens is 2. The van der Waals surface area contributed by atoms with E-state index in [9.17, 15) is 0 Å². The molecule has 0 unspecified atom stereocenters. The van der Waals surface area contributed by atoms with Gasteiger partial charge in [-0.3, -0.25) is 0 Å². The average molecular weight is 1180 g/mol. The first-order chi connectivity index (χ1) is 35.7. The number of para-hydroxylation sites is 3. The van der Waals surface area contributed by atoms with Gasteiger partial charge in [-0.05, 0) is 85.0 Å². The van der Waals surface area contributed by atoms with E-state index in [0.29, 0.717) is 11.5 Å². The number of nitrogens with zero attached hydrogens (tertiary/aromatic N) is 4. The Kier molecular flexibility index (Phi) is 14.1. The maximum atomic E-state index is 6.95. The van der Waals surface area contributed by atoms with E-state index in [-0.39, 0.29) is 42.5 Å². The van der Waals surface area contributed by atoms with E-state index in [2.05, 4.69) is 232 Å². The Morgan fingerprint density at radius 3 is 1.80 bits per heavy atom. The Balaban J connectivity index is 0.00000657. The van der Waals surface area contributed by atoms with Gasteiger partial charge >= 0.3 is 21.4 Å². The van der Waals surface area contributed by atoms with Crippen molar-refractivity contribution in [1.29, 1.82) is 0 Å². The second kappa shape index (κ2) is 20.2. The Bertz CT molecular complexity index is 3530. The van der Waals surface area contributed by atoms with E-state index in [1.807, 2.05) is 48.7 Å². The van der Waals surface area contributed by atoms with Crippen LogP contribution in [0.25, 0.3) is 49.9 Å². The number of benzene rings is 7. The molecule has 0 radical (unpaired) electrons. The van der Waals surface area contributed by atoms with Crippen LogP contribution in [0.5, 0.6) is 11.5 Å². The molecular weight excluding hydrogens is 1120 g/mol. The standard InChI is InChI=1S/C64H64B3N4O4.Pt/c1-61(2,3)46-36-45(37-47(39-46)62(4,5)6)51-26-21-27-54(65-73-66(63(7,8)9)75-67(74-65)64(10,11)12)60(51)70-42-69(56-28-16-17-29-57(56)70)48-24-20-25-49(40-48)72-50-32-33-52-53-38-44(43-22-14-13-15-23-43)31-34-55(53)71(58(52)41-50)59-30-18-19-35-68-59;/h13-39,42H,1-12H3;/q-3;. The minimum Gasteiger partial charge on any atom is -0.509 e. The summed E-state index contributed by atoms with van der Waals surface area (Å²) < 4.78 is 29.4. The molecule has 12 heteroatoms. The summed E-state index contributed by atoms with van der Waals surface area (Å²) in [4.78, 5) is 9.27. The van der Waals surface area contributed by atoms with Crippen molar-refractivity contribution in [1.82, 2.24) is 9.55 Å². The molecule has 2 aliphatic rings. The summed E-state index contributed by atoms with van der Waals surface area (Å²) in [6.45, 7) is 28.8. The van der Waals surface area contributed by atoms with Crippen LogP contribution in [0.4, 0.5) is 22.7 Å². The molecule has 9 aromatic rings. The van der Waals surface area contributed by atoms with Gasteiger partial charge in [0.15, 0.2) is 0 Å². The molecule has 11 rings (SSSR count). The van der Waals surface area contributed by atoms with Gasteiger partial charge < -0.3 is 32.8 Å². The number of ether oxygens (including phenoxy) is 1. The fourth-order valence-electron chi connectivity index (χ4n) is 10.1. The van der Waals surface area contributed by atoms with Crippen molar-refractivity contribution in [2.45, 2.75) is 105 Å². The molecule has 2 aliphatic heterocycles. The smallest absolute Gasteiger partial charge is 0.468 e. The molecule has 0 spiro atoms. The molecular formula is C64H64B3N4O4Pt-3. The molecule has 0 N–H and O–H groups in total. The van der Waals surface area contributed by atoms with Crippen LogP contribution in [-0.2, 0) is 45.6 Å². The Labute approximate surface area is 465 Å². The second-order valence-electron chi connectivity index (χ2n) is 24.2. The first-order valence-corrected chi connectivity index (χ1v) is 26.1. The van der Waals surface area contributed by atoms with Crippen LogP contribution in [0.15, 0.2) is 164 Å². The number of anilines is 4. The summed E-state index contributed by atoms with van der Waals surface area (Å²) in [6.07, 6.45) is 1.82. The number of fused-ring (bicyclic) bond motifs is 4. The molecule has 386 valence electrons. The van der Waals surface area contributed by atoms with Crippen molar-refractivity contribution in [3.63, 3.8) is 0 Å². The summed E-state index contributed by atoms with van der Waals surface area (Å²) in [7, 11) is -1.80. The van der Waals surface area contributed by atoms with Gasteiger partial charge in [-0.2, -0.15) is 12.1 Å². The van der Waals surface area contributed by atoms with Gasteiger partial charge in [0, 0.05) is 72.4 Å². The van der Waals surface area contributed by atoms with Crippen LogP contribution < -0.4 is 20.0 Å². The van der Waals surface area contributed by atoms with Gasteiger partial charge in [0.2, 0.25) is 0 Å². The fourth-order valence-corrected chi connectivity index (χ4v) is 10.1. The molecule has 1 saturated heterocycles. The summed E-state index contributed by atoms with van der Waals surface area (Å²) >= 11 is 0. The Hall–Kier alpha value is -6.35. The summed E-state index contributed by atoms with van der Waals surface area (Å²) in [5, 5.41) is 1.51. The van der Waals surface area contributed by atoms with Crippen LogP contribution in [0.2, 0.25) is 10.6 Å². The SMILES string of the molecule is CC(C)(C)B1OB(c2cccc(-c3cc(C(C)(C)C)cc(C(C)(C)C)c3)c2N2[CH-]N(c3[c-]c(Oc4[c-]c5c(cc4)c4cc(-c6ccccc6)ccc4n5-c4ccccn4)ccc3)c3ccccc32)OB(C(C)(C)C)O1.[Pt]. The van der Waals surface area contributed by atoms with Crippen molar-refractivity contribution in [2.75, 3.05) is 9.80 Å². The number of pyridine rings is 1. The van der Waals surface area contributed by atoms with Gasteiger partial charge in [-0.25, -0.2) is 4.98 Å². The second-order valence-corrected chi connectivity index (χ2v) is 24.2. The van der Waals surface area contributed by atoms with Crippen LogP contribution in [0, 0.1) is 18.8 Å². The maximum absolute atomic E-state index is 6.95. The van der Waals surface area contributed by atoms with Gasteiger partial charge in [-0.15, -0.1) is 48.1 Å². The zero-order valence-electron chi connectivity index (χ0n) is 45.6. The Morgan fingerprint density at radius 1 is 0.526 bits per heavy atom. The van der Waals surface area contributed by atoms with E-state index in [4.69, 9.17) is 23.4 Å². The van der Waals surface area contributed by atoms with Gasteiger partial charge in [0.25, 0.3) is 0 Å². The zero-order chi connectivity index (χ0) is 52.6. The number of rotatable bonds is 8. The minimum atomic E-state index is -0.746. The maximum Gasteiger partial charge on any atom is 0.468 e. The van der Waals surface area contributed by atoms with Crippen molar-refractivity contribution in [3.8, 4) is 39.6 Å². The summed E-state index contributed by atoms with van der Waals surface area (Å²) in [5.74, 6) is 1.93. The molecule has 2 aromatic heterocycles. The third-order valence-corrected chi connectivity index (χ3v) is 14.2. The van der Waals surface area contributed by atoms with Crippen molar-refractivity contribution in [3.05, 3.63) is 194 Å². The predicted molar refractivity (Wildman–Crippen MR) is 312 cm³/mol. The van der Waals surface area contributed by atoms with Crippen molar-refractivity contribution < 1.29 is 39.5 Å². The average Bonchev–Trinajstić information content (AvgIpc) is 3.97. The zero-order valence-corrected chi connectivity index (χ0v) is 47.9. The van der Waals surface area contributed by atoms with Crippen molar-refractivity contribution >= 4 is 71.4 Å². The molecule has 0 aliphatic carbocycles. The van der Waals surface area contributed by atoms with Crippen molar-refractivity contribution in [2.24, 2.45) is 0 Å². The van der Waals surface area contributed by atoms with Gasteiger partial charge in [0.1, 0.15) is 5.82 Å². The molecule has 0 amide bonds. The van der Waals surface area contributed by atoms with E-state index in [1.54, 1.807) is 0 Å². The number of hydrogen-bond donors (Lipinski definition) is 0. The summed E-state index contributed by atoms with van der Waals surface area (Å²) in [5.41, 5.74) is 13.4. The first-order valence-electron chi connectivity index (χ1n) is 26.1. The molecule has 8 nitrogen and oxygen atoms in total. The van der Waals surface area contributed by atoms with E-state index in [1.165, 1.54) is 11.1 Å².